The third-order valence-electron chi connectivity index (χ3n) is 1.74. The molecule has 0 atom stereocenters. The zero-order valence-corrected chi connectivity index (χ0v) is 7.23. The Morgan fingerprint density at radius 3 is 1.42 bits per heavy atom. The lowest BCUT2D eigenvalue weighted by Gasteiger charge is -2.34. The van der Waals surface area contributed by atoms with Gasteiger partial charge in [0.2, 0.25) is 0 Å². The molecule has 0 fully saturated rings. The fourth-order valence-corrected chi connectivity index (χ4v) is 1.19. The van der Waals surface area contributed by atoms with Crippen LogP contribution in [-0.4, -0.2) is 43.7 Å². The van der Waals surface area contributed by atoms with Crippen LogP contribution in [0.1, 0.15) is 20.3 Å². The van der Waals surface area contributed by atoms with Gasteiger partial charge in [-0.3, -0.25) is 0 Å². The maximum Gasteiger partial charge on any atom is 0.167 e. The molecule has 0 saturated heterocycles. The van der Waals surface area contributed by atoms with E-state index in [1.54, 1.807) is 0 Å². The first-order valence-corrected chi connectivity index (χ1v) is 3.70. The number of hydrogen-bond donors (Lipinski definition) is 5. The van der Waals surface area contributed by atoms with Gasteiger partial charge in [0.25, 0.3) is 0 Å². The minimum atomic E-state index is -2.21. The van der Waals surface area contributed by atoms with E-state index in [0.29, 0.717) is 0 Å². The van der Waals surface area contributed by atoms with Crippen LogP contribution >= 0.6 is 0 Å². The molecule has 5 N–H and O–H groups in total. The molecule has 0 unspecified atom stereocenters. The Morgan fingerprint density at radius 2 is 1.33 bits per heavy atom. The molecule has 0 saturated carbocycles. The summed E-state index contributed by atoms with van der Waals surface area (Å²) in [5.74, 6) is -5.61. The van der Waals surface area contributed by atoms with Crippen LogP contribution in [-0.2, 0) is 0 Å². The van der Waals surface area contributed by atoms with Crippen LogP contribution in [0, 0.1) is 5.92 Å². The SMILES string of the molecule is CC(O)(O)C(CCO)C(C)(O)O. The highest BCUT2D eigenvalue weighted by molar-refractivity contribution is 4.80. The molecule has 0 rings (SSSR count). The highest BCUT2D eigenvalue weighted by Gasteiger charge is 2.41. The first-order valence-electron chi connectivity index (χ1n) is 3.70. The Kier molecular flexibility index (Phi) is 3.61. The minimum absolute atomic E-state index is 0.0903. The Labute approximate surface area is 70.9 Å². The standard InChI is InChI=1S/C7H16O5/c1-6(9,10)5(3-4-8)7(2,11)12/h5,8-12H,3-4H2,1-2H3. The summed E-state index contributed by atoms with van der Waals surface area (Å²) in [6, 6.07) is 0. The molecule has 0 aromatic heterocycles. The fourth-order valence-electron chi connectivity index (χ4n) is 1.19. The molecule has 5 heteroatoms. The Bertz CT molecular complexity index is 118. The van der Waals surface area contributed by atoms with Gasteiger partial charge < -0.3 is 25.5 Å². The zero-order valence-electron chi connectivity index (χ0n) is 7.23. The molecule has 5 nitrogen and oxygen atoms in total. The van der Waals surface area contributed by atoms with Crippen molar-refractivity contribution in [1.29, 1.82) is 0 Å². The summed E-state index contributed by atoms with van der Waals surface area (Å²) in [7, 11) is 0. The molecule has 0 aromatic rings. The van der Waals surface area contributed by atoms with E-state index >= 15 is 0 Å². The summed E-state index contributed by atoms with van der Waals surface area (Å²) < 4.78 is 0. The second-order valence-electron chi connectivity index (χ2n) is 3.25. The first-order chi connectivity index (χ1) is 5.19. The van der Waals surface area contributed by atoms with Gasteiger partial charge in [-0.1, -0.05) is 0 Å². The van der Waals surface area contributed by atoms with E-state index in [2.05, 4.69) is 0 Å². The zero-order chi connectivity index (χ0) is 9.99. The van der Waals surface area contributed by atoms with Gasteiger partial charge in [-0.25, -0.2) is 0 Å². The second-order valence-corrected chi connectivity index (χ2v) is 3.25. The molecule has 0 bridgehead atoms. The summed E-state index contributed by atoms with van der Waals surface area (Å²) in [6.45, 7) is 1.74. The van der Waals surface area contributed by atoms with Crippen LogP contribution in [0.25, 0.3) is 0 Å². The van der Waals surface area contributed by atoms with Gasteiger partial charge >= 0.3 is 0 Å². The highest BCUT2D eigenvalue weighted by atomic mass is 16.5. The fraction of sp³-hybridized carbons (Fsp3) is 1.00. The highest BCUT2D eigenvalue weighted by Crippen LogP contribution is 2.27. The van der Waals surface area contributed by atoms with Crippen molar-refractivity contribution in [2.24, 2.45) is 5.92 Å². The van der Waals surface area contributed by atoms with Gasteiger partial charge in [-0.15, -0.1) is 0 Å². The lowest BCUT2D eigenvalue weighted by Crippen LogP contribution is -2.49. The Balaban J connectivity index is 4.45. The van der Waals surface area contributed by atoms with E-state index in [9.17, 15) is 0 Å². The molecule has 0 aliphatic rings. The number of aliphatic hydroxyl groups excluding tert-OH is 1. The molecule has 0 aliphatic heterocycles. The summed E-state index contributed by atoms with van der Waals surface area (Å²) in [4.78, 5) is 0. The van der Waals surface area contributed by atoms with Gasteiger partial charge in [0.05, 0.1) is 5.92 Å². The lowest BCUT2D eigenvalue weighted by atomic mass is 9.89. The molecule has 0 heterocycles. The van der Waals surface area contributed by atoms with E-state index in [0.717, 1.165) is 13.8 Å². The maximum absolute atomic E-state index is 9.07. The van der Waals surface area contributed by atoms with Gasteiger partial charge in [0.1, 0.15) is 0 Å². The van der Waals surface area contributed by atoms with Crippen LogP contribution in [0.2, 0.25) is 0 Å². The van der Waals surface area contributed by atoms with Crippen LogP contribution in [0.3, 0.4) is 0 Å². The molecule has 0 aromatic carbocycles. The van der Waals surface area contributed by atoms with E-state index < -0.39 is 17.5 Å². The van der Waals surface area contributed by atoms with Crippen molar-refractivity contribution in [1.82, 2.24) is 0 Å². The lowest BCUT2D eigenvalue weighted by molar-refractivity contribution is -0.289. The molecule has 0 aliphatic carbocycles. The Hall–Kier alpha value is -0.200. The predicted molar refractivity (Wildman–Crippen MR) is 40.9 cm³/mol. The first kappa shape index (κ1) is 11.8. The summed E-state index contributed by atoms with van der Waals surface area (Å²) in [5, 5.41) is 44.8. The van der Waals surface area contributed by atoms with Crippen molar-refractivity contribution in [3.63, 3.8) is 0 Å². The average Bonchev–Trinajstić information content (AvgIpc) is 1.77. The van der Waals surface area contributed by atoms with E-state index in [4.69, 9.17) is 25.5 Å². The third kappa shape index (κ3) is 3.46. The van der Waals surface area contributed by atoms with Crippen molar-refractivity contribution >= 4 is 0 Å². The molecule has 74 valence electrons. The summed E-state index contributed by atoms with van der Waals surface area (Å²) in [6.07, 6.45) is -0.0903. The normalized spacial score (nSPS) is 14.0. The van der Waals surface area contributed by atoms with Crippen molar-refractivity contribution in [2.75, 3.05) is 6.61 Å². The monoisotopic (exact) mass is 180 g/mol. The van der Waals surface area contributed by atoms with Crippen LogP contribution in [0.5, 0.6) is 0 Å². The van der Waals surface area contributed by atoms with E-state index in [-0.39, 0.29) is 13.0 Å². The van der Waals surface area contributed by atoms with E-state index in [1.807, 2.05) is 0 Å². The van der Waals surface area contributed by atoms with Gasteiger partial charge in [-0.05, 0) is 20.3 Å². The van der Waals surface area contributed by atoms with Crippen LogP contribution in [0.15, 0.2) is 0 Å². The summed E-state index contributed by atoms with van der Waals surface area (Å²) >= 11 is 0. The van der Waals surface area contributed by atoms with Gasteiger partial charge in [0, 0.05) is 6.61 Å². The molecular weight excluding hydrogens is 164 g/mol. The quantitative estimate of drug-likeness (QED) is 0.335. The predicted octanol–water partition coefficient (Wildman–Crippen LogP) is -1.61. The molecule has 0 radical (unpaired) electrons. The van der Waals surface area contributed by atoms with Crippen molar-refractivity contribution in [3.8, 4) is 0 Å². The summed E-state index contributed by atoms with van der Waals surface area (Å²) in [5.41, 5.74) is 0. The molecule has 0 amide bonds. The van der Waals surface area contributed by atoms with Crippen molar-refractivity contribution in [2.45, 2.75) is 31.8 Å². The van der Waals surface area contributed by atoms with Crippen molar-refractivity contribution < 1.29 is 25.5 Å². The second kappa shape index (κ2) is 3.68. The van der Waals surface area contributed by atoms with Crippen LogP contribution in [0.4, 0.5) is 0 Å². The van der Waals surface area contributed by atoms with E-state index in [1.165, 1.54) is 0 Å². The maximum atomic E-state index is 9.07. The molecule has 0 spiro atoms. The Morgan fingerprint density at radius 1 is 1.00 bits per heavy atom. The average molecular weight is 180 g/mol. The third-order valence-corrected chi connectivity index (χ3v) is 1.74. The molecular formula is C7H16O5. The van der Waals surface area contributed by atoms with Gasteiger partial charge in [0.15, 0.2) is 11.6 Å². The minimum Gasteiger partial charge on any atom is -0.396 e. The van der Waals surface area contributed by atoms with Crippen molar-refractivity contribution in [3.05, 3.63) is 0 Å². The smallest absolute Gasteiger partial charge is 0.167 e. The number of aliphatic hydroxyl groups is 5. The number of rotatable bonds is 4. The largest absolute Gasteiger partial charge is 0.396 e. The van der Waals surface area contributed by atoms with Gasteiger partial charge in [-0.2, -0.15) is 0 Å². The topological polar surface area (TPSA) is 101 Å². The van der Waals surface area contributed by atoms with Crippen LogP contribution < -0.4 is 0 Å². The molecule has 12 heavy (non-hydrogen) atoms. The number of hydrogen-bond acceptors (Lipinski definition) is 5.